The lowest BCUT2D eigenvalue weighted by Gasteiger charge is -2.18. The van der Waals surface area contributed by atoms with Crippen molar-refractivity contribution in [3.05, 3.63) is 59.4 Å². The van der Waals surface area contributed by atoms with Gasteiger partial charge in [0.05, 0.1) is 10.2 Å². The Morgan fingerprint density at radius 3 is 2.63 bits per heavy atom. The van der Waals surface area contributed by atoms with Crippen LogP contribution in [0, 0.1) is 0 Å². The zero-order valence-electron chi connectivity index (χ0n) is 16.5. The van der Waals surface area contributed by atoms with E-state index in [1.807, 2.05) is 66.1 Å². The zero-order valence-corrected chi connectivity index (χ0v) is 17.3. The number of carbonyl (C=O) groups is 1. The smallest absolute Gasteiger partial charge is 0.286 e. The molecule has 2 heterocycles. The van der Waals surface area contributed by atoms with E-state index < -0.39 is 0 Å². The van der Waals surface area contributed by atoms with Gasteiger partial charge >= 0.3 is 0 Å². The molecular formula is C23H20N2O4S. The summed E-state index contributed by atoms with van der Waals surface area (Å²) >= 11 is 1.46. The molecule has 5 rings (SSSR count). The van der Waals surface area contributed by atoms with E-state index in [0.29, 0.717) is 30.3 Å². The molecule has 30 heavy (non-hydrogen) atoms. The Hall–Kier alpha value is -3.32. The van der Waals surface area contributed by atoms with Crippen LogP contribution in [0.2, 0.25) is 0 Å². The molecule has 4 aromatic rings. The molecular weight excluding hydrogens is 400 g/mol. The van der Waals surface area contributed by atoms with Gasteiger partial charge in [-0.3, -0.25) is 4.79 Å². The van der Waals surface area contributed by atoms with Crippen LogP contribution in [-0.4, -0.2) is 30.3 Å². The van der Waals surface area contributed by atoms with Gasteiger partial charge in [-0.05, 0) is 29.8 Å². The van der Waals surface area contributed by atoms with Crippen LogP contribution in [0.25, 0.3) is 21.0 Å². The van der Waals surface area contributed by atoms with Crippen LogP contribution in [0.4, 0.5) is 0 Å². The third-order valence-electron chi connectivity index (χ3n) is 4.97. The van der Waals surface area contributed by atoms with Gasteiger partial charge in [0.15, 0.2) is 22.9 Å². The molecule has 0 unspecified atom stereocenters. The number of hydrogen-bond donors (Lipinski definition) is 0. The first kappa shape index (κ1) is 18.7. The predicted molar refractivity (Wildman–Crippen MR) is 116 cm³/mol. The van der Waals surface area contributed by atoms with Gasteiger partial charge in [0.1, 0.15) is 19.0 Å². The second-order valence-electron chi connectivity index (χ2n) is 6.90. The normalized spacial score (nSPS) is 13.7. The number of fused-ring (bicyclic) bond motifs is 3. The highest BCUT2D eigenvalue weighted by Crippen LogP contribution is 2.35. The number of benzene rings is 3. The highest BCUT2D eigenvalue weighted by atomic mass is 32.1. The topological polar surface area (TPSA) is 62.1 Å². The SMILES string of the molecule is CCn1c(=NC(=O)COc2ccc3ccccc3c2)sc2cc3c(cc21)OCCO3. The molecule has 1 aliphatic rings. The average molecular weight is 420 g/mol. The van der Waals surface area contributed by atoms with Crippen molar-refractivity contribution in [3.63, 3.8) is 0 Å². The van der Waals surface area contributed by atoms with Gasteiger partial charge in [0.25, 0.3) is 5.91 Å². The van der Waals surface area contributed by atoms with Gasteiger partial charge in [-0.1, -0.05) is 41.7 Å². The number of hydrogen-bond acceptors (Lipinski definition) is 5. The highest BCUT2D eigenvalue weighted by Gasteiger charge is 2.16. The standard InChI is InChI=1S/C23H20N2O4S/c1-2-25-18-12-19-20(28-10-9-27-19)13-21(18)30-23(25)24-22(26)14-29-17-8-7-15-5-3-4-6-16(15)11-17/h3-8,11-13H,2,9-10,14H2,1H3. The number of amides is 1. The van der Waals surface area contributed by atoms with Crippen LogP contribution in [0.3, 0.4) is 0 Å². The van der Waals surface area contributed by atoms with Crippen LogP contribution >= 0.6 is 11.3 Å². The molecule has 0 atom stereocenters. The van der Waals surface area contributed by atoms with Crippen LogP contribution in [0.15, 0.2) is 59.6 Å². The number of aryl methyl sites for hydroxylation is 1. The van der Waals surface area contributed by atoms with E-state index in [-0.39, 0.29) is 12.5 Å². The van der Waals surface area contributed by atoms with Crippen molar-refractivity contribution in [2.24, 2.45) is 4.99 Å². The number of aromatic nitrogens is 1. The molecule has 3 aromatic carbocycles. The second-order valence-corrected chi connectivity index (χ2v) is 7.90. The number of ether oxygens (including phenoxy) is 3. The van der Waals surface area contributed by atoms with Crippen molar-refractivity contribution in [3.8, 4) is 17.2 Å². The van der Waals surface area contributed by atoms with Gasteiger partial charge in [0.2, 0.25) is 0 Å². The molecule has 0 aliphatic carbocycles. The van der Waals surface area contributed by atoms with Crippen LogP contribution in [0.5, 0.6) is 17.2 Å². The maximum atomic E-state index is 12.5. The van der Waals surface area contributed by atoms with E-state index in [0.717, 1.165) is 32.5 Å². The molecule has 0 bridgehead atoms. The van der Waals surface area contributed by atoms with Crippen molar-refractivity contribution >= 4 is 38.2 Å². The van der Waals surface area contributed by atoms with Gasteiger partial charge in [0, 0.05) is 18.7 Å². The van der Waals surface area contributed by atoms with Crippen molar-refractivity contribution < 1.29 is 19.0 Å². The first-order chi connectivity index (χ1) is 14.7. The van der Waals surface area contributed by atoms with Gasteiger partial charge < -0.3 is 18.8 Å². The maximum Gasteiger partial charge on any atom is 0.286 e. The summed E-state index contributed by atoms with van der Waals surface area (Å²) in [4.78, 5) is 17.5. The molecule has 6 nitrogen and oxygen atoms in total. The van der Waals surface area contributed by atoms with Crippen molar-refractivity contribution in [2.45, 2.75) is 13.5 Å². The quantitative estimate of drug-likeness (QED) is 0.498. The molecule has 1 amide bonds. The molecule has 7 heteroatoms. The third kappa shape index (κ3) is 3.52. The molecule has 152 valence electrons. The maximum absolute atomic E-state index is 12.5. The van der Waals surface area contributed by atoms with E-state index in [1.54, 1.807) is 0 Å². The Kier molecular flexibility index (Phi) is 4.88. The fraction of sp³-hybridized carbons (Fsp3) is 0.217. The lowest BCUT2D eigenvalue weighted by molar-refractivity contribution is -0.120. The van der Waals surface area contributed by atoms with Crippen molar-refractivity contribution in [1.82, 2.24) is 4.57 Å². The monoisotopic (exact) mass is 420 g/mol. The predicted octanol–water partition coefficient (Wildman–Crippen LogP) is 4.15. The van der Waals surface area contributed by atoms with E-state index in [4.69, 9.17) is 14.2 Å². The fourth-order valence-corrected chi connectivity index (χ4v) is 4.66. The highest BCUT2D eigenvalue weighted by molar-refractivity contribution is 7.16. The lowest BCUT2D eigenvalue weighted by Crippen LogP contribution is -2.19. The summed E-state index contributed by atoms with van der Waals surface area (Å²) < 4.78 is 20.1. The molecule has 0 radical (unpaired) electrons. The second kappa shape index (κ2) is 7.84. The largest absolute Gasteiger partial charge is 0.486 e. The third-order valence-corrected chi connectivity index (χ3v) is 6.01. The van der Waals surface area contributed by atoms with Crippen LogP contribution < -0.4 is 19.0 Å². The number of rotatable bonds is 4. The molecule has 1 aromatic heterocycles. The molecule has 1 aliphatic heterocycles. The lowest BCUT2D eigenvalue weighted by atomic mass is 10.1. The number of thiazole rings is 1. The Bertz CT molecular complexity index is 1320. The fourth-order valence-electron chi connectivity index (χ4n) is 3.54. The van der Waals surface area contributed by atoms with E-state index in [2.05, 4.69) is 4.99 Å². The Morgan fingerprint density at radius 1 is 1.07 bits per heavy atom. The minimum Gasteiger partial charge on any atom is -0.486 e. The first-order valence-electron chi connectivity index (χ1n) is 9.83. The summed E-state index contributed by atoms with van der Waals surface area (Å²) in [5.41, 5.74) is 0.980. The first-order valence-corrected chi connectivity index (χ1v) is 10.6. The van der Waals surface area contributed by atoms with Crippen LogP contribution in [0.1, 0.15) is 6.92 Å². The minimum atomic E-state index is -0.325. The number of carbonyl (C=O) groups excluding carboxylic acids is 1. The molecule has 0 fully saturated rings. The van der Waals surface area contributed by atoms with E-state index in [9.17, 15) is 4.79 Å². The Balaban J connectivity index is 1.40. The zero-order chi connectivity index (χ0) is 20.5. The van der Waals surface area contributed by atoms with Crippen LogP contribution in [-0.2, 0) is 11.3 Å². The number of nitrogens with zero attached hydrogens (tertiary/aromatic N) is 2. The molecule has 0 saturated heterocycles. The molecule has 0 saturated carbocycles. The minimum absolute atomic E-state index is 0.112. The summed E-state index contributed by atoms with van der Waals surface area (Å²) in [6, 6.07) is 17.7. The van der Waals surface area contributed by atoms with Gasteiger partial charge in [-0.15, -0.1) is 0 Å². The summed E-state index contributed by atoms with van der Waals surface area (Å²) in [5, 5.41) is 2.20. The summed E-state index contributed by atoms with van der Waals surface area (Å²) in [6.45, 7) is 3.68. The Morgan fingerprint density at radius 2 is 1.83 bits per heavy atom. The summed E-state index contributed by atoms with van der Waals surface area (Å²) in [7, 11) is 0. The summed E-state index contributed by atoms with van der Waals surface area (Å²) in [6.07, 6.45) is 0. The summed E-state index contributed by atoms with van der Waals surface area (Å²) in [5.74, 6) is 1.79. The Labute approximate surface area is 177 Å². The molecule has 0 N–H and O–H groups in total. The van der Waals surface area contributed by atoms with Crippen molar-refractivity contribution in [2.75, 3.05) is 19.8 Å². The van der Waals surface area contributed by atoms with Gasteiger partial charge in [-0.25, -0.2) is 0 Å². The van der Waals surface area contributed by atoms with E-state index in [1.165, 1.54) is 11.3 Å². The van der Waals surface area contributed by atoms with Gasteiger partial charge in [-0.2, -0.15) is 4.99 Å². The average Bonchev–Trinajstić information content (AvgIpc) is 3.11. The molecule has 0 spiro atoms. The van der Waals surface area contributed by atoms with E-state index >= 15 is 0 Å². The van der Waals surface area contributed by atoms with Crippen molar-refractivity contribution in [1.29, 1.82) is 0 Å².